The van der Waals surface area contributed by atoms with Gasteiger partial charge in [0.15, 0.2) is 0 Å². The third kappa shape index (κ3) is 9.57. The van der Waals surface area contributed by atoms with E-state index in [1.165, 1.54) is 113 Å². The fourth-order valence-corrected chi connectivity index (χ4v) is 5.72. The van der Waals surface area contributed by atoms with Crippen molar-refractivity contribution in [2.24, 2.45) is 5.92 Å². The first-order valence-corrected chi connectivity index (χ1v) is 15.5. The molecule has 1 fully saturated rings. The van der Waals surface area contributed by atoms with E-state index < -0.39 is 0 Å². The maximum Gasteiger partial charge on any atom is 0.316 e. The van der Waals surface area contributed by atoms with Crippen LogP contribution in [0.2, 0.25) is 0 Å². The largest absolute Gasteiger partial charge is 0.463 e. The summed E-state index contributed by atoms with van der Waals surface area (Å²) in [7, 11) is 0. The van der Waals surface area contributed by atoms with Crippen LogP contribution in [0.1, 0.15) is 109 Å². The van der Waals surface area contributed by atoms with E-state index in [1.807, 2.05) is 12.4 Å². The molecule has 204 valence electrons. The van der Waals surface area contributed by atoms with E-state index in [-0.39, 0.29) is 0 Å². The van der Waals surface area contributed by atoms with Crippen LogP contribution >= 0.6 is 0 Å². The van der Waals surface area contributed by atoms with Gasteiger partial charge in [-0.25, -0.2) is 9.97 Å². The maximum absolute atomic E-state index is 5.79. The molecule has 0 radical (unpaired) electrons. The Morgan fingerprint density at radius 1 is 0.632 bits per heavy atom. The first kappa shape index (κ1) is 28.3. The SMILES string of the molecule is CCCCCCCc1ccc(-c2ccc(-c3cnc(OCCCCCCCC4CCCC4)nc3)cc2)cc1. The lowest BCUT2D eigenvalue weighted by Gasteiger charge is -2.08. The van der Waals surface area contributed by atoms with Crippen molar-refractivity contribution in [3.8, 4) is 28.3 Å². The van der Waals surface area contributed by atoms with Crippen LogP contribution in [0.3, 0.4) is 0 Å². The van der Waals surface area contributed by atoms with Crippen LogP contribution < -0.4 is 4.74 Å². The fraction of sp³-hybridized carbons (Fsp3) is 0.543. The van der Waals surface area contributed by atoms with Gasteiger partial charge in [0.05, 0.1) is 6.61 Å². The Bertz CT molecular complexity index is 1020. The molecule has 0 bridgehead atoms. The van der Waals surface area contributed by atoms with E-state index in [9.17, 15) is 0 Å². The van der Waals surface area contributed by atoms with Crippen molar-refractivity contribution in [2.75, 3.05) is 6.61 Å². The molecule has 1 saturated carbocycles. The van der Waals surface area contributed by atoms with Gasteiger partial charge in [-0.2, -0.15) is 0 Å². The Balaban J connectivity index is 1.14. The average Bonchev–Trinajstić information content (AvgIpc) is 3.49. The molecule has 3 aromatic rings. The van der Waals surface area contributed by atoms with Crippen molar-refractivity contribution in [1.29, 1.82) is 0 Å². The summed E-state index contributed by atoms with van der Waals surface area (Å²) in [6.07, 6.45) is 25.3. The first-order valence-electron chi connectivity index (χ1n) is 15.5. The summed E-state index contributed by atoms with van der Waals surface area (Å²) in [4.78, 5) is 8.89. The molecule has 0 amide bonds. The number of hydrogen-bond donors (Lipinski definition) is 0. The van der Waals surface area contributed by atoms with Gasteiger partial charge in [0.1, 0.15) is 0 Å². The minimum atomic E-state index is 0.483. The number of aryl methyl sites for hydroxylation is 1. The maximum atomic E-state index is 5.79. The summed E-state index contributed by atoms with van der Waals surface area (Å²) in [5.41, 5.74) is 6.09. The second kappa shape index (κ2) is 16.3. The average molecular weight is 513 g/mol. The van der Waals surface area contributed by atoms with Gasteiger partial charge in [0, 0.05) is 18.0 Å². The lowest BCUT2D eigenvalue weighted by Crippen LogP contribution is -2.01. The number of unbranched alkanes of at least 4 members (excludes halogenated alkanes) is 8. The molecule has 3 heteroatoms. The van der Waals surface area contributed by atoms with Gasteiger partial charge in [-0.05, 0) is 47.4 Å². The fourth-order valence-electron chi connectivity index (χ4n) is 5.72. The van der Waals surface area contributed by atoms with Crippen LogP contribution in [0.15, 0.2) is 60.9 Å². The molecular weight excluding hydrogens is 464 g/mol. The minimum absolute atomic E-state index is 0.483. The predicted molar refractivity (Wildman–Crippen MR) is 161 cm³/mol. The number of rotatable bonds is 17. The zero-order valence-electron chi connectivity index (χ0n) is 23.7. The van der Waals surface area contributed by atoms with E-state index in [4.69, 9.17) is 4.74 Å². The van der Waals surface area contributed by atoms with Gasteiger partial charge in [0.25, 0.3) is 0 Å². The third-order valence-corrected chi connectivity index (χ3v) is 8.17. The summed E-state index contributed by atoms with van der Waals surface area (Å²) in [5.74, 6) is 1.03. The highest BCUT2D eigenvalue weighted by Crippen LogP contribution is 2.29. The Labute approximate surface area is 231 Å². The van der Waals surface area contributed by atoms with E-state index in [1.54, 1.807) is 0 Å². The highest BCUT2D eigenvalue weighted by molar-refractivity contribution is 5.69. The van der Waals surface area contributed by atoms with Crippen LogP contribution in [0.5, 0.6) is 6.01 Å². The van der Waals surface area contributed by atoms with Crippen LogP contribution in [-0.4, -0.2) is 16.6 Å². The van der Waals surface area contributed by atoms with Crippen LogP contribution in [0.4, 0.5) is 0 Å². The van der Waals surface area contributed by atoms with Crippen molar-refractivity contribution < 1.29 is 4.74 Å². The van der Waals surface area contributed by atoms with Gasteiger partial charge < -0.3 is 4.74 Å². The number of nitrogens with zero attached hydrogens (tertiary/aromatic N) is 2. The lowest BCUT2D eigenvalue weighted by molar-refractivity contribution is 0.281. The molecule has 0 unspecified atom stereocenters. The summed E-state index contributed by atoms with van der Waals surface area (Å²) in [5, 5.41) is 0. The smallest absolute Gasteiger partial charge is 0.316 e. The summed E-state index contributed by atoms with van der Waals surface area (Å²) in [6.45, 7) is 2.97. The number of ether oxygens (including phenoxy) is 1. The highest BCUT2D eigenvalue weighted by Gasteiger charge is 2.13. The molecule has 3 nitrogen and oxygen atoms in total. The molecule has 1 aliphatic carbocycles. The van der Waals surface area contributed by atoms with E-state index in [0.717, 1.165) is 23.5 Å². The second-order valence-corrected chi connectivity index (χ2v) is 11.2. The van der Waals surface area contributed by atoms with Crippen molar-refractivity contribution in [1.82, 2.24) is 9.97 Å². The van der Waals surface area contributed by atoms with Crippen LogP contribution in [0.25, 0.3) is 22.3 Å². The number of benzene rings is 2. The highest BCUT2D eigenvalue weighted by atomic mass is 16.5. The van der Waals surface area contributed by atoms with Crippen molar-refractivity contribution in [3.63, 3.8) is 0 Å². The second-order valence-electron chi connectivity index (χ2n) is 11.2. The first-order chi connectivity index (χ1) is 18.8. The van der Waals surface area contributed by atoms with Gasteiger partial charge in [-0.1, -0.05) is 139 Å². The summed E-state index contributed by atoms with van der Waals surface area (Å²) < 4.78 is 5.79. The van der Waals surface area contributed by atoms with Crippen molar-refractivity contribution >= 4 is 0 Å². The van der Waals surface area contributed by atoms with E-state index in [2.05, 4.69) is 65.4 Å². The minimum Gasteiger partial charge on any atom is -0.463 e. The third-order valence-electron chi connectivity index (χ3n) is 8.17. The number of aromatic nitrogens is 2. The molecule has 1 aromatic heterocycles. The van der Waals surface area contributed by atoms with Crippen LogP contribution in [0, 0.1) is 5.92 Å². The molecule has 38 heavy (non-hydrogen) atoms. The quantitative estimate of drug-likeness (QED) is 0.169. The molecule has 0 spiro atoms. The molecule has 4 rings (SSSR count). The molecule has 0 aliphatic heterocycles. The van der Waals surface area contributed by atoms with Gasteiger partial charge >= 0.3 is 6.01 Å². The zero-order chi connectivity index (χ0) is 26.3. The lowest BCUT2D eigenvalue weighted by atomic mass is 9.99. The topological polar surface area (TPSA) is 35.0 Å². The Kier molecular flexibility index (Phi) is 12.2. The van der Waals surface area contributed by atoms with Crippen LogP contribution in [-0.2, 0) is 6.42 Å². The Morgan fingerprint density at radius 2 is 1.18 bits per heavy atom. The van der Waals surface area contributed by atoms with Gasteiger partial charge in [-0.3, -0.25) is 0 Å². The predicted octanol–water partition coefficient (Wildman–Crippen LogP) is 10.2. The molecule has 0 saturated heterocycles. The van der Waals surface area contributed by atoms with E-state index in [0.29, 0.717) is 12.6 Å². The Morgan fingerprint density at radius 3 is 1.87 bits per heavy atom. The number of hydrogen-bond acceptors (Lipinski definition) is 3. The molecular formula is C35H48N2O. The molecule has 2 aromatic carbocycles. The normalized spacial score (nSPS) is 13.7. The molecule has 0 N–H and O–H groups in total. The Hall–Kier alpha value is -2.68. The monoisotopic (exact) mass is 512 g/mol. The zero-order valence-corrected chi connectivity index (χ0v) is 23.7. The summed E-state index contributed by atoms with van der Waals surface area (Å²) in [6, 6.07) is 18.2. The molecule has 1 aliphatic rings. The van der Waals surface area contributed by atoms with Gasteiger partial charge in [0.2, 0.25) is 0 Å². The van der Waals surface area contributed by atoms with Crippen molar-refractivity contribution in [3.05, 3.63) is 66.5 Å². The van der Waals surface area contributed by atoms with Gasteiger partial charge in [-0.15, -0.1) is 0 Å². The standard InChI is InChI=1S/C35H48N2O/c1-2-3-4-6-9-15-30-18-20-31(21-19-30)32-22-24-33(25-23-32)34-27-36-35(37-28-34)38-26-13-8-5-7-10-14-29-16-11-12-17-29/h18-25,27-29H,2-17,26H2,1H3. The molecule has 0 atom stereocenters. The molecule has 1 heterocycles. The van der Waals surface area contributed by atoms with E-state index >= 15 is 0 Å². The summed E-state index contributed by atoms with van der Waals surface area (Å²) >= 11 is 0. The van der Waals surface area contributed by atoms with Crippen molar-refractivity contribution in [2.45, 2.75) is 110 Å².